The zero-order chi connectivity index (χ0) is 12.2. The fourth-order valence-electron chi connectivity index (χ4n) is 1.43. The van der Waals surface area contributed by atoms with Crippen molar-refractivity contribution in [3.05, 3.63) is 22.8 Å². The van der Waals surface area contributed by atoms with Crippen LogP contribution in [0.3, 0.4) is 0 Å². The van der Waals surface area contributed by atoms with E-state index in [2.05, 4.69) is 47.0 Å². The molecule has 2 nitrogen and oxygen atoms in total. The molecule has 1 N–H and O–H groups in total. The highest BCUT2D eigenvalue weighted by molar-refractivity contribution is 9.10. The molecule has 0 saturated heterocycles. The summed E-state index contributed by atoms with van der Waals surface area (Å²) in [4.78, 5) is 4.23. The van der Waals surface area contributed by atoms with Crippen molar-refractivity contribution in [1.82, 2.24) is 4.98 Å². The van der Waals surface area contributed by atoms with Gasteiger partial charge in [-0.2, -0.15) is 0 Å². The highest BCUT2D eigenvalue weighted by atomic mass is 79.9. The van der Waals surface area contributed by atoms with Gasteiger partial charge in [0.25, 0.3) is 0 Å². The normalized spacial score (nSPS) is 13.6. The second kappa shape index (κ2) is 5.87. The van der Waals surface area contributed by atoms with Gasteiger partial charge in [-0.1, -0.05) is 20.8 Å². The van der Waals surface area contributed by atoms with Crippen LogP contribution in [0.2, 0.25) is 0 Å². The van der Waals surface area contributed by atoms with E-state index in [9.17, 15) is 0 Å². The van der Waals surface area contributed by atoms with Crippen LogP contribution < -0.4 is 5.32 Å². The lowest BCUT2D eigenvalue weighted by atomic mass is 9.90. The van der Waals surface area contributed by atoms with E-state index in [0.29, 0.717) is 0 Å². The molecule has 0 fully saturated rings. The van der Waals surface area contributed by atoms with E-state index in [1.54, 1.807) is 6.20 Å². The Kier molecular flexibility index (Phi) is 5.06. The van der Waals surface area contributed by atoms with E-state index in [4.69, 9.17) is 11.6 Å². The second-order valence-electron chi connectivity index (χ2n) is 5.10. The van der Waals surface area contributed by atoms with Crippen LogP contribution in [-0.4, -0.2) is 16.9 Å². The Balaban J connectivity index is 2.37. The lowest BCUT2D eigenvalue weighted by Gasteiger charge is -2.22. The first-order valence-corrected chi connectivity index (χ1v) is 6.59. The molecule has 0 aliphatic heterocycles. The van der Waals surface area contributed by atoms with E-state index < -0.39 is 0 Å². The summed E-state index contributed by atoms with van der Waals surface area (Å²) in [5.74, 6) is 0.864. The standard InChI is InChI=1S/C12H18BrClN2/c1-12(2,3)6-10(14)8-16-11-5-4-9(13)7-15-11/h4-5,7,10H,6,8H2,1-3H3,(H,15,16). The van der Waals surface area contributed by atoms with Crippen LogP contribution in [-0.2, 0) is 0 Å². The molecule has 0 bridgehead atoms. The first-order chi connectivity index (χ1) is 7.37. The molecule has 0 aromatic carbocycles. The van der Waals surface area contributed by atoms with Crippen molar-refractivity contribution in [2.75, 3.05) is 11.9 Å². The van der Waals surface area contributed by atoms with Crippen molar-refractivity contribution in [2.45, 2.75) is 32.6 Å². The average molecular weight is 306 g/mol. The summed E-state index contributed by atoms with van der Waals surface area (Å²) in [6.07, 6.45) is 2.76. The van der Waals surface area contributed by atoms with Crippen LogP contribution in [0.4, 0.5) is 5.82 Å². The van der Waals surface area contributed by atoms with Crippen LogP contribution in [0, 0.1) is 5.41 Å². The molecule has 0 spiro atoms. The number of pyridine rings is 1. The third-order valence-electron chi connectivity index (χ3n) is 2.07. The maximum atomic E-state index is 6.25. The summed E-state index contributed by atoms with van der Waals surface area (Å²) < 4.78 is 0.982. The smallest absolute Gasteiger partial charge is 0.126 e. The van der Waals surface area contributed by atoms with Gasteiger partial charge in [0.1, 0.15) is 5.82 Å². The third kappa shape index (κ3) is 5.71. The number of anilines is 1. The zero-order valence-electron chi connectivity index (χ0n) is 9.93. The summed E-state index contributed by atoms with van der Waals surface area (Å²) in [6, 6.07) is 3.90. The number of nitrogens with one attached hydrogen (secondary N) is 1. The fraction of sp³-hybridized carbons (Fsp3) is 0.583. The maximum Gasteiger partial charge on any atom is 0.126 e. The van der Waals surface area contributed by atoms with E-state index >= 15 is 0 Å². The maximum absolute atomic E-state index is 6.25. The predicted molar refractivity (Wildman–Crippen MR) is 74.1 cm³/mol. The minimum absolute atomic E-state index is 0.130. The Morgan fingerprint density at radius 1 is 1.44 bits per heavy atom. The van der Waals surface area contributed by atoms with Gasteiger partial charge in [0.15, 0.2) is 0 Å². The third-order valence-corrected chi connectivity index (χ3v) is 2.84. The van der Waals surface area contributed by atoms with Crippen molar-refractivity contribution >= 4 is 33.3 Å². The monoisotopic (exact) mass is 304 g/mol. The Bertz CT molecular complexity index is 319. The van der Waals surface area contributed by atoms with Gasteiger partial charge in [0, 0.05) is 17.2 Å². The zero-order valence-corrected chi connectivity index (χ0v) is 12.3. The second-order valence-corrected chi connectivity index (χ2v) is 6.64. The van der Waals surface area contributed by atoms with E-state index in [0.717, 1.165) is 23.3 Å². The summed E-state index contributed by atoms with van der Waals surface area (Å²) in [5.41, 5.74) is 0.265. The summed E-state index contributed by atoms with van der Waals surface area (Å²) in [5, 5.41) is 3.36. The molecule has 0 amide bonds. The molecular weight excluding hydrogens is 288 g/mol. The van der Waals surface area contributed by atoms with Gasteiger partial charge in [-0.05, 0) is 39.9 Å². The molecule has 0 saturated carbocycles. The van der Waals surface area contributed by atoms with Crippen molar-refractivity contribution in [2.24, 2.45) is 5.41 Å². The van der Waals surface area contributed by atoms with Crippen LogP contribution in [0.25, 0.3) is 0 Å². The topological polar surface area (TPSA) is 24.9 Å². The Morgan fingerprint density at radius 3 is 2.62 bits per heavy atom. The van der Waals surface area contributed by atoms with E-state index in [1.165, 1.54) is 0 Å². The number of alkyl halides is 1. The summed E-state index contributed by atoms with van der Waals surface area (Å²) >= 11 is 9.60. The van der Waals surface area contributed by atoms with Crippen LogP contribution in [0.15, 0.2) is 22.8 Å². The molecule has 0 radical (unpaired) electrons. The molecular formula is C12H18BrClN2. The minimum Gasteiger partial charge on any atom is -0.369 e. The molecule has 16 heavy (non-hydrogen) atoms. The SMILES string of the molecule is CC(C)(C)CC(Cl)CNc1ccc(Br)cn1. The molecule has 0 aliphatic rings. The molecule has 90 valence electrons. The number of nitrogens with zero attached hydrogens (tertiary/aromatic N) is 1. The average Bonchev–Trinajstić information content (AvgIpc) is 2.14. The number of aromatic nitrogens is 1. The quantitative estimate of drug-likeness (QED) is 0.839. The van der Waals surface area contributed by atoms with E-state index in [1.807, 2.05) is 12.1 Å². The van der Waals surface area contributed by atoms with Crippen molar-refractivity contribution < 1.29 is 0 Å². The fourth-order valence-corrected chi connectivity index (χ4v) is 2.21. The first-order valence-electron chi connectivity index (χ1n) is 5.36. The van der Waals surface area contributed by atoms with Gasteiger partial charge in [0.05, 0.1) is 5.38 Å². The molecule has 1 aromatic rings. The highest BCUT2D eigenvalue weighted by Crippen LogP contribution is 2.23. The number of hydrogen-bond acceptors (Lipinski definition) is 2. The van der Waals surface area contributed by atoms with Gasteiger partial charge >= 0.3 is 0 Å². The van der Waals surface area contributed by atoms with Gasteiger partial charge in [-0.3, -0.25) is 0 Å². The lowest BCUT2D eigenvalue weighted by Crippen LogP contribution is -2.21. The molecule has 4 heteroatoms. The van der Waals surface area contributed by atoms with Crippen LogP contribution >= 0.6 is 27.5 Å². The van der Waals surface area contributed by atoms with Gasteiger partial charge < -0.3 is 5.32 Å². The summed E-state index contributed by atoms with van der Waals surface area (Å²) in [6.45, 7) is 7.33. The molecule has 1 rings (SSSR count). The lowest BCUT2D eigenvalue weighted by molar-refractivity contribution is 0.373. The van der Waals surface area contributed by atoms with Crippen molar-refractivity contribution in [3.8, 4) is 0 Å². The van der Waals surface area contributed by atoms with Crippen LogP contribution in [0.1, 0.15) is 27.2 Å². The molecule has 0 aliphatic carbocycles. The molecule has 1 aromatic heterocycles. The van der Waals surface area contributed by atoms with Crippen molar-refractivity contribution in [3.63, 3.8) is 0 Å². The number of rotatable bonds is 4. The van der Waals surface area contributed by atoms with Gasteiger partial charge in [0.2, 0.25) is 0 Å². The first kappa shape index (κ1) is 13.8. The molecule has 1 unspecified atom stereocenters. The highest BCUT2D eigenvalue weighted by Gasteiger charge is 2.16. The Hall–Kier alpha value is -0.280. The largest absolute Gasteiger partial charge is 0.369 e. The van der Waals surface area contributed by atoms with Gasteiger partial charge in [-0.25, -0.2) is 4.98 Å². The molecule has 1 atom stereocenters. The molecule has 1 heterocycles. The van der Waals surface area contributed by atoms with Gasteiger partial charge in [-0.15, -0.1) is 11.6 Å². The van der Waals surface area contributed by atoms with Crippen molar-refractivity contribution in [1.29, 1.82) is 0 Å². The predicted octanol–water partition coefficient (Wildman–Crippen LogP) is 4.30. The number of hydrogen-bond donors (Lipinski definition) is 1. The summed E-state index contributed by atoms with van der Waals surface area (Å²) in [7, 11) is 0. The minimum atomic E-state index is 0.130. The van der Waals surface area contributed by atoms with E-state index in [-0.39, 0.29) is 10.8 Å². The van der Waals surface area contributed by atoms with Crippen LogP contribution in [0.5, 0.6) is 0 Å². The number of halogens is 2. The Morgan fingerprint density at radius 2 is 2.12 bits per heavy atom. The Labute approximate surface area is 111 Å².